The van der Waals surface area contributed by atoms with Crippen molar-refractivity contribution in [1.29, 1.82) is 0 Å². The summed E-state index contributed by atoms with van der Waals surface area (Å²) in [4.78, 5) is 27.0. The highest BCUT2D eigenvalue weighted by molar-refractivity contribution is 5.81. The van der Waals surface area contributed by atoms with Crippen molar-refractivity contribution >= 4 is 17.7 Å². The Morgan fingerprint density at radius 1 is 1.41 bits per heavy atom. The van der Waals surface area contributed by atoms with Crippen molar-refractivity contribution in [3.63, 3.8) is 0 Å². The molecule has 7 nitrogen and oxygen atoms in total. The first kappa shape index (κ1) is 16.3. The molecule has 0 aliphatic carbocycles. The van der Waals surface area contributed by atoms with E-state index in [1.54, 1.807) is 24.8 Å². The average molecular weight is 309 g/mol. The summed E-state index contributed by atoms with van der Waals surface area (Å²) in [6.07, 6.45) is 3.21. The van der Waals surface area contributed by atoms with Crippen LogP contribution in [0.25, 0.3) is 0 Å². The van der Waals surface area contributed by atoms with Crippen molar-refractivity contribution in [3.8, 4) is 0 Å². The largest absolute Gasteiger partial charge is 0.481 e. The molecule has 1 aromatic rings. The molecule has 2 rings (SSSR count). The highest BCUT2D eigenvalue weighted by Gasteiger charge is 2.24. The molecule has 2 heterocycles. The lowest BCUT2D eigenvalue weighted by Gasteiger charge is -2.30. The van der Waals surface area contributed by atoms with E-state index >= 15 is 0 Å². The molecule has 1 saturated heterocycles. The first-order chi connectivity index (χ1) is 10.5. The summed E-state index contributed by atoms with van der Waals surface area (Å²) in [5.74, 6) is -0.330. The predicted molar refractivity (Wildman–Crippen MR) is 80.7 cm³/mol. The van der Waals surface area contributed by atoms with Crippen LogP contribution in [0.2, 0.25) is 0 Å². The van der Waals surface area contributed by atoms with E-state index in [1.807, 2.05) is 4.90 Å². The molecule has 0 radical (unpaired) electrons. The molecular formula is C15H23N3O4. The van der Waals surface area contributed by atoms with Crippen molar-refractivity contribution in [2.75, 3.05) is 31.1 Å². The van der Waals surface area contributed by atoms with Crippen LogP contribution in [0.5, 0.6) is 0 Å². The molecule has 1 fully saturated rings. The van der Waals surface area contributed by atoms with Gasteiger partial charge < -0.3 is 19.4 Å². The van der Waals surface area contributed by atoms with Crippen LogP contribution in [0.3, 0.4) is 0 Å². The fourth-order valence-corrected chi connectivity index (χ4v) is 2.56. The molecule has 1 aliphatic rings. The van der Waals surface area contributed by atoms with Gasteiger partial charge in [-0.15, -0.1) is 0 Å². The second-order valence-corrected chi connectivity index (χ2v) is 5.86. The smallest absolute Gasteiger partial charge is 0.308 e. The quantitative estimate of drug-likeness (QED) is 0.857. The lowest BCUT2D eigenvalue weighted by Crippen LogP contribution is -2.44. The Hall–Kier alpha value is -2.05. The highest BCUT2D eigenvalue weighted by Crippen LogP contribution is 2.17. The fourth-order valence-electron chi connectivity index (χ4n) is 2.56. The molecule has 1 N–H and O–H groups in total. The summed E-state index contributed by atoms with van der Waals surface area (Å²) in [5.41, 5.74) is 0. The number of carboxylic acids is 1. The number of rotatable bonds is 6. The zero-order chi connectivity index (χ0) is 16.1. The molecule has 0 aromatic carbocycles. The van der Waals surface area contributed by atoms with Crippen LogP contribution in [0.4, 0.5) is 5.82 Å². The number of aryl methyl sites for hydroxylation is 1. The van der Waals surface area contributed by atoms with E-state index < -0.39 is 11.9 Å². The molecule has 0 saturated carbocycles. The van der Waals surface area contributed by atoms with Crippen LogP contribution < -0.4 is 4.90 Å². The molecule has 1 aromatic heterocycles. The maximum absolute atomic E-state index is 12.4. The number of carbonyl (C=O) groups is 2. The third kappa shape index (κ3) is 4.22. The van der Waals surface area contributed by atoms with Gasteiger partial charge >= 0.3 is 5.97 Å². The number of hydrogen-bond acceptors (Lipinski definition) is 5. The van der Waals surface area contributed by atoms with Gasteiger partial charge in [0.2, 0.25) is 5.91 Å². The summed E-state index contributed by atoms with van der Waals surface area (Å²) >= 11 is 0. The summed E-state index contributed by atoms with van der Waals surface area (Å²) in [7, 11) is 0. The zero-order valence-corrected chi connectivity index (χ0v) is 13.1. The standard InChI is InChI=1S/C15H23N3O4/c1-11(15(20)21)9-18(13-8-12(2)22-16-13)10-14(19)17-6-4-3-5-7-17/h8,11H,3-7,9-10H2,1-2H3,(H,20,21). The first-order valence-electron chi connectivity index (χ1n) is 7.66. The number of nitrogens with zero attached hydrogens (tertiary/aromatic N) is 3. The van der Waals surface area contributed by atoms with E-state index in [0.29, 0.717) is 11.6 Å². The Labute approximate surface area is 129 Å². The minimum absolute atomic E-state index is 0.0120. The molecule has 1 aliphatic heterocycles. The number of piperidine rings is 1. The Kier molecular flexibility index (Phi) is 5.41. The number of carboxylic acid groups (broad SMARTS) is 1. The maximum Gasteiger partial charge on any atom is 0.308 e. The van der Waals surface area contributed by atoms with E-state index in [2.05, 4.69) is 5.16 Å². The first-order valence-corrected chi connectivity index (χ1v) is 7.66. The normalized spacial score (nSPS) is 16.4. The minimum Gasteiger partial charge on any atom is -0.481 e. The third-order valence-corrected chi connectivity index (χ3v) is 3.89. The van der Waals surface area contributed by atoms with E-state index in [-0.39, 0.29) is 19.0 Å². The van der Waals surface area contributed by atoms with Gasteiger partial charge in [0.1, 0.15) is 5.76 Å². The molecule has 0 bridgehead atoms. The number of aliphatic carboxylic acids is 1. The van der Waals surface area contributed by atoms with Gasteiger partial charge in [-0.1, -0.05) is 12.1 Å². The lowest BCUT2D eigenvalue weighted by atomic mass is 10.1. The second kappa shape index (κ2) is 7.29. The number of anilines is 1. The number of aromatic nitrogens is 1. The highest BCUT2D eigenvalue weighted by atomic mass is 16.5. The van der Waals surface area contributed by atoms with Crippen molar-refractivity contribution in [2.24, 2.45) is 5.92 Å². The van der Waals surface area contributed by atoms with Gasteiger partial charge in [0.25, 0.3) is 0 Å². The SMILES string of the molecule is Cc1cc(N(CC(=O)N2CCCCC2)CC(C)C(=O)O)no1. The molecule has 7 heteroatoms. The van der Waals surface area contributed by atoms with Crippen LogP contribution in [0.15, 0.2) is 10.6 Å². The fraction of sp³-hybridized carbons (Fsp3) is 0.667. The molecule has 122 valence electrons. The molecule has 22 heavy (non-hydrogen) atoms. The summed E-state index contributed by atoms with van der Waals surface area (Å²) in [5, 5.41) is 13.0. The van der Waals surface area contributed by atoms with Crippen molar-refractivity contribution in [3.05, 3.63) is 11.8 Å². The van der Waals surface area contributed by atoms with Crippen molar-refractivity contribution in [1.82, 2.24) is 10.1 Å². The van der Waals surface area contributed by atoms with Gasteiger partial charge in [0.05, 0.1) is 12.5 Å². The van der Waals surface area contributed by atoms with E-state index in [1.165, 1.54) is 0 Å². The number of carbonyl (C=O) groups excluding carboxylic acids is 1. The topological polar surface area (TPSA) is 86.9 Å². The Morgan fingerprint density at radius 2 is 2.09 bits per heavy atom. The maximum atomic E-state index is 12.4. The second-order valence-electron chi connectivity index (χ2n) is 5.86. The van der Waals surface area contributed by atoms with Crippen LogP contribution in [-0.4, -0.2) is 53.2 Å². The Balaban J connectivity index is 2.06. The van der Waals surface area contributed by atoms with Gasteiger partial charge in [-0.2, -0.15) is 0 Å². The van der Waals surface area contributed by atoms with Gasteiger partial charge in [0, 0.05) is 25.7 Å². The van der Waals surface area contributed by atoms with Crippen molar-refractivity contribution < 1.29 is 19.2 Å². The summed E-state index contributed by atoms with van der Waals surface area (Å²) in [6, 6.07) is 1.72. The van der Waals surface area contributed by atoms with E-state index in [4.69, 9.17) is 9.63 Å². The predicted octanol–water partition coefficient (Wildman–Crippen LogP) is 1.52. The minimum atomic E-state index is -0.893. The van der Waals surface area contributed by atoms with Gasteiger partial charge in [-0.25, -0.2) is 0 Å². The molecular weight excluding hydrogens is 286 g/mol. The average Bonchev–Trinajstić information content (AvgIpc) is 2.93. The third-order valence-electron chi connectivity index (χ3n) is 3.89. The molecule has 1 unspecified atom stereocenters. The van der Waals surface area contributed by atoms with E-state index in [0.717, 1.165) is 32.4 Å². The van der Waals surface area contributed by atoms with Gasteiger partial charge in [-0.05, 0) is 26.2 Å². The van der Waals surface area contributed by atoms with Gasteiger partial charge in [0.15, 0.2) is 5.82 Å². The lowest BCUT2D eigenvalue weighted by molar-refractivity contribution is -0.141. The van der Waals surface area contributed by atoms with Crippen LogP contribution in [-0.2, 0) is 9.59 Å². The van der Waals surface area contributed by atoms with Crippen LogP contribution in [0, 0.1) is 12.8 Å². The van der Waals surface area contributed by atoms with Crippen molar-refractivity contribution in [2.45, 2.75) is 33.1 Å². The molecule has 1 amide bonds. The van der Waals surface area contributed by atoms with E-state index in [9.17, 15) is 9.59 Å². The number of hydrogen-bond donors (Lipinski definition) is 1. The summed E-state index contributed by atoms with van der Waals surface area (Å²) < 4.78 is 5.05. The molecule has 1 atom stereocenters. The Morgan fingerprint density at radius 3 is 2.64 bits per heavy atom. The Bertz CT molecular complexity index is 523. The number of amides is 1. The number of likely N-dealkylation sites (tertiary alicyclic amines) is 1. The van der Waals surface area contributed by atoms with Gasteiger partial charge in [-0.3, -0.25) is 9.59 Å². The van der Waals surface area contributed by atoms with Crippen LogP contribution >= 0.6 is 0 Å². The molecule has 0 spiro atoms. The zero-order valence-electron chi connectivity index (χ0n) is 13.1. The monoisotopic (exact) mass is 309 g/mol. The van der Waals surface area contributed by atoms with Crippen LogP contribution in [0.1, 0.15) is 31.9 Å². The summed E-state index contributed by atoms with van der Waals surface area (Å²) in [6.45, 7) is 5.29.